The number of halogens is 1. The molecule has 0 bridgehead atoms. The molecule has 71 heavy (non-hydrogen) atoms. The number of aromatic nitrogens is 4. The lowest BCUT2D eigenvalue weighted by Gasteiger charge is -2.36. The van der Waals surface area contributed by atoms with Crippen molar-refractivity contribution in [1.29, 1.82) is 0 Å². The largest absolute Gasteiger partial charge is 0.384 e. The van der Waals surface area contributed by atoms with Crippen LogP contribution in [0.3, 0.4) is 0 Å². The van der Waals surface area contributed by atoms with Gasteiger partial charge in [0, 0.05) is 119 Å². The van der Waals surface area contributed by atoms with Gasteiger partial charge in [0.15, 0.2) is 5.65 Å². The number of piperidine rings is 1. The van der Waals surface area contributed by atoms with Crippen molar-refractivity contribution in [2.45, 2.75) is 78.6 Å². The van der Waals surface area contributed by atoms with Crippen LogP contribution in [0.15, 0.2) is 91.1 Å². The van der Waals surface area contributed by atoms with Gasteiger partial charge in [0.2, 0.25) is 17.7 Å². The van der Waals surface area contributed by atoms with Crippen LogP contribution in [0.4, 0.5) is 21.6 Å². The number of unbranched alkanes of at least 4 members (excludes halogenated alkanes) is 1. The van der Waals surface area contributed by atoms with Crippen molar-refractivity contribution in [3.8, 4) is 16.9 Å². The minimum atomic E-state index is -0.640. The zero-order chi connectivity index (χ0) is 49.6. The second-order valence-electron chi connectivity index (χ2n) is 18.5. The molecule has 10 rings (SSSR count). The molecular formula is C54H63FN12O4. The van der Waals surface area contributed by atoms with Gasteiger partial charge in [-0.05, 0) is 92.4 Å². The minimum absolute atomic E-state index is 0.166. The fourth-order valence-corrected chi connectivity index (χ4v) is 10.1. The molecule has 370 valence electrons. The lowest BCUT2D eigenvalue weighted by Crippen LogP contribution is -2.52. The smallest absolute Gasteiger partial charge is 0.255 e. The van der Waals surface area contributed by atoms with Gasteiger partial charge in [-0.2, -0.15) is 0 Å². The van der Waals surface area contributed by atoms with Crippen LogP contribution in [-0.4, -0.2) is 128 Å². The summed E-state index contributed by atoms with van der Waals surface area (Å²) in [6.07, 6.45) is 4.55. The molecule has 3 aromatic heterocycles. The van der Waals surface area contributed by atoms with Crippen molar-refractivity contribution in [1.82, 2.24) is 44.4 Å². The number of piperazine rings is 2. The number of fused-ring (bicyclic) bond motifs is 2. The molecule has 1 atom stereocenters. The zero-order valence-electron chi connectivity index (χ0n) is 40.9. The number of aryl methyl sites for hydroxylation is 1. The second-order valence-corrected chi connectivity index (χ2v) is 18.5. The summed E-state index contributed by atoms with van der Waals surface area (Å²) in [5.41, 5.74) is 14.7. The molecule has 1 unspecified atom stereocenters. The molecular weight excluding hydrogens is 900 g/mol. The van der Waals surface area contributed by atoms with Gasteiger partial charge in [0.05, 0.1) is 17.1 Å². The average molecular weight is 963 g/mol. The van der Waals surface area contributed by atoms with E-state index in [9.17, 15) is 19.2 Å². The summed E-state index contributed by atoms with van der Waals surface area (Å²) < 4.78 is 17.7. The van der Waals surface area contributed by atoms with Crippen molar-refractivity contribution in [2.24, 2.45) is 0 Å². The molecule has 7 heterocycles. The zero-order valence-corrected chi connectivity index (χ0v) is 40.9. The van der Waals surface area contributed by atoms with Gasteiger partial charge >= 0.3 is 0 Å². The number of imide groups is 1. The molecule has 3 aromatic carbocycles. The molecule has 3 fully saturated rings. The Morgan fingerprint density at radius 1 is 0.845 bits per heavy atom. The number of hydrogen-bond donors (Lipinski definition) is 3. The lowest BCUT2D eigenvalue weighted by atomic mass is 10.0. The molecule has 0 saturated carbocycles. The first-order chi connectivity index (χ1) is 34.5. The predicted octanol–water partition coefficient (Wildman–Crippen LogP) is 6.55. The first kappa shape index (κ1) is 48.8. The van der Waals surface area contributed by atoms with E-state index in [-0.39, 0.29) is 30.0 Å². The highest BCUT2D eigenvalue weighted by molar-refractivity contribution is 6.06. The third-order valence-corrected chi connectivity index (χ3v) is 14.0. The molecule has 16 nitrogen and oxygen atoms in total. The summed E-state index contributed by atoms with van der Waals surface area (Å²) in [5, 5.41) is 5.87. The van der Waals surface area contributed by atoms with Gasteiger partial charge in [-0.1, -0.05) is 44.2 Å². The minimum Gasteiger partial charge on any atom is -0.384 e. The molecule has 3 saturated heterocycles. The number of amides is 4. The number of benzene rings is 3. The number of pyridine rings is 2. The van der Waals surface area contributed by atoms with Crippen LogP contribution in [0.2, 0.25) is 0 Å². The summed E-state index contributed by atoms with van der Waals surface area (Å²) in [7, 11) is 0. The van der Waals surface area contributed by atoms with Gasteiger partial charge in [-0.15, -0.1) is 0 Å². The highest BCUT2D eigenvalue weighted by atomic mass is 19.1. The first-order valence-electron chi connectivity index (χ1n) is 25.0. The topological polar surface area (TPSA) is 178 Å². The Kier molecular flexibility index (Phi) is 15.0. The Hall–Kier alpha value is -7.24. The van der Waals surface area contributed by atoms with Crippen LogP contribution >= 0.6 is 0 Å². The monoisotopic (exact) mass is 963 g/mol. The van der Waals surface area contributed by atoms with E-state index in [2.05, 4.69) is 54.7 Å². The van der Waals surface area contributed by atoms with Gasteiger partial charge in [-0.25, -0.2) is 19.3 Å². The number of imidazole rings is 1. The first-order valence-corrected chi connectivity index (χ1v) is 25.0. The second kappa shape index (κ2) is 21.8. The maximum Gasteiger partial charge on any atom is 0.255 e. The fraction of sp³-hybridized carbons (Fsp3) is 0.389. The Balaban J connectivity index is 0.00000308. The van der Waals surface area contributed by atoms with E-state index in [1.54, 1.807) is 23.2 Å². The van der Waals surface area contributed by atoms with Gasteiger partial charge in [0.25, 0.3) is 5.91 Å². The normalized spacial score (nSPS) is 17.5. The Bertz CT molecular complexity index is 2910. The van der Waals surface area contributed by atoms with Gasteiger partial charge < -0.3 is 30.7 Å². The van der Waals surface area contributed by atoms with Crippen molar-refractivity contribution in [3.05, 3.63) is 125 Å². The van der Waals surface area contributed by atoms with Crippen LogP contribution in [0, 0.1) is 12.7 Å². The molecule has 17 heteroatoms. The average Bonchev–Trinajstić information content (AvgIpc) is 3.91. The molecule has 0 radical (unpaired) electrons. The maximum absolute atomic E-state index is 15.8. The molecule has 0 spiro atoms. The highest BCUT2D eigenvalue weighted by Crippen LogP contribution is 2.33. The van der Waals surface area contributed by atoms with Gasteiger partial charge in [-0.3, -0.25) is 34.0 Å². The quantitative estimate of drug-likeness (QED) is 0.0794. The number of carbonyl (C=O) groups excluding carboxylic acids is 4. The van der Waals surface area contributed by atoms with Crippen LogP contribution < -0.4 is 21.3 Å². The summed E-state index contributed by atoms with van der Waals surface area (Å²) in [4.78, 5) is 74.8. The summed E-state index contributed by atoms with van der Waals surface area (Å²) in [6, 6.07) is 26.3. The standard InChI is InChI=1S/C52H57FN12O4.C2H6/c1-34-57-44-14-13-42(37-18-19-55-47(54)29-37)58-50(44)65(34)38-12-15-45(41(53)30-38)62-25-27-63(28-26-62)49(67)7-2-3-20-60-21-23-61(24-22-60)32-36-10-8-35(9-11-36)31-56-43-6-4-5-39-40(43)33-64(52(39)69)46-16-17-48(66)59-51(46)68;1-2/h4-6,8-15,18-19,29-30,46,56H,2-3,7,16-17,20-28,31-33H2,1H3,(H2,54,55)(H,59,66,68);1-2H3. The molecule has 4 amide bonds. The molecule has 4 N–H and O–H groups in total. The number of rotatable bonds is 14. The van der Waals surface area contributed by atoms with E-state index in [1.165, 1.54) is 11.6 Å². The molecule has 4 aliphatic heterocycles. The Morgan fingerprint density at radius 3 is 2.35 bits per heavy atom. The fourth-order valence-electron chi connectivity index (χ4n) is 10.1. The number of nitrogens with two attached hydrogens (primary N) is 1. The number of nitrogen functional groups attached to an aromatic ring is 1. The lowest BCUT2D eigenvalue weighted by molar-refractivity contribution is -0.137. The van der Waals surface area contributed by atoms with E-state index in [0.717, 1.165) is 80.2 Å². The Labute approximate surface area is 414 Å². The third kappa shape index (κ3) is 10.9. The maximum atomic E-state index is 15.8. The molecule has 6 aromatic rings. The Morgan fingerprint density at radius 2 is 1.61 bits per heavy atom. The van der Waals surface area contributed by atoms with Crippen molar-refractivity contribution in [2.75, 3.05) is 74.9 Å². The van der Waals surface area contributed by atoms with E-state index in [4.69, 9.17) is 10.7 Å². The molecule has 0 aliphatic carbocycles. The van der Waals surface area contributed by atoms with E-state index in [0.29, 0.717) is 91.9 Å². The van der Waals surface area contributed by atoms with Gasteiger partial charge in [0.1, 0.15) is 29.0 Å². The van der Waals surface area contributed by atoms with E-state index < -0.39 is 11.9 Å². The SMILES string of the molecule is CC.Cc1nc2ccc(-c3ccnc(N)c3)nc2n1-c1ccc(N2CCN(C(=O)CCCCN3CCN(Cc4ccc(CNc5cccc6c5CN(C5CCC(=O)NC5=O)C6=O)cc4)CC3)CC2)c(F)c1. The third-order valence-electron chi connectivity index (χ3n) is 14.0. The highest BCUT2D eigenvalue weighted by Gasteiger charge is 2.40. The predicted molar refractivity (Wildman–Crippen MR) is 273 cm³/mol. The molecule has 4 aliphatic rings. The van der Waals surface area contributed by atoms with Crippen molar-refractivity contribution >= 4 is 52.0 Å². The number of hydrogen-bond acceptors (Lipinski definition) is 12. The van der Waals surface area contributed by atoms with E-state index in [1.807, 2.05) is 77.6 Å². The van der Waals surface area contributed by atoms with Crippen LogP contribution in [-0.2, 0) is 34.0 Å². The number of carbonyl (C=O) groups is 4. The number of anilines is 3. The van der Waals surface area contributed by atoms with Crippen molar-refractivity contribution < 1.29 is 23.6 Å². The number of nitrogens with one attached hydrogen (secondary N) is 2. The van der Waals surface area contributed by atoms with E-state index >= 15 is 4.39 Å². The van der Waals surface area contributed by atoms with Crippen LogP contribution in [0.25, 0.3) is 28.1 Å². The number of nitrogens with zero attached hydrogens (tertiary/aromatic N) is 9. The summed E-state index contributed by atoms with van der Waals surface area (Å²) in [5.74, 6) is 0.0609. The summed E-state index contributed by atoms with van der Waals surface area (Å²) >= 11 is 0. The summed E-state index contributed by atoms with van der Waals surface area (Å²) in [6.45, 7) is 14.9. The van der Waals surface area contributed by atoms with Crippen LogP contribution in [0.5, 0.6) is 0 Å². The van der Waals surface area contributed by atoms with Crippen LogP contribution in [0.1, 0.15) is 78.8 Å². The van der Waals surface area contributed by atoms with Crippen molar-refractivity contribution in [3.63, 3.8) is 0 Å².